The molecule has 1 amide bonds. The summed E-state index contributed by atoms with van der Waals surface area (Å²) in [5.74, 6) is 0.124. The van der Waals surface area contributed by atoms with Crippen molar-refractivity contribution in [1.29, 1.82) is 0 Å². The molecule has 0 atom stereocenters. The lowest BCUT2D eigenvalue weighted by atomic mass is 10.2. The van der Waals surface area contributed by atoms with E-state index in [-0.39, 0.29) is 29.5 Å². The van der Waals surface area contributed by atoms with Crippen LogP contribution in [-0.2, 0) is 27.7 Å². The molecule has 0 unspecified atom stereocenters. The first-order valence-corrected chi connectivity index (χ1v) is 10.8. The molecule has 0 saturated carbocycles. The third-order valence-corrected chi connectivity index (χ3v) is 6.24. The van der Waals surface area contributed by atoms with Crippen molar-refractivity contribution in [2.24, 2.45) is 0 Å². The first-order chi connectivity index (χ1) is 13.4. The molecule has 0 aliphatic rings. The number of carbonyl (C=O) groups excluding carboxylic acids is 1. The van der Waals surface area contributed by atoms with E-state index in [0.29, 0.717) is 17.3 Å². The molecule has 2 aromatic carbocycles. The molecular formula is C21H20ClNO4S. The number of carbonyl (C=O) groups is 1. The number of benzene rings is 2. The summed E-state index contributed by atoms with van der Waals surface area (Å²) in [5.41, 5.74) is 0.961. The van der Waals surface area contributed by atoms with Crippen molar-refractivity contribution in [3.05, 3.63) is 89.3 Å². The van der Waals surface area contributed by atoms with Crippen LogP contribution in [-0.4, -0.2) is 25.0 Å². The van der Waals surface area contributed by atoms with Crippen LogP contribution >= 0.6 is 11.6 Å². The smallest absolute Gasteiger partial charge is 0.224 e. The van der Waals surface area contributed by atoms with Gasteiger partial charge in [-0.1, -0.05) is 41.9 Å². The summed E-state index contributed by atoms with van der Waals surface area (Å²) in [6.07, 6.45) is 1.43. The van der Waals surface area contributed by atoms with Crippen LogP contribution in [0.15, 0.2) is 82.3 Å². The van der Waals surface area contributed by atoms with Gasteiger partial charge < -0.3 is 9.32 Å². The molecule has 0 N–H and O–H groups in total. The number of hydrogen-bond acceptors (Lipinski definition) is 4. The molecule has 0 aliphatic heterocycles. The molecule has 0 aliphatic carbocycles. The maximum atomic E-state index is 12.8. The first kappa shape index (κ1) is 20.2. The summed E-state index contributed by atoms with van der Waals surface area (Å²) < 4.78 is 30.4. The van der Waals surface area contributed by atoms with Gasteiger partial charge in [-0.05, 0) is 42.0 Å². The largest absolute Gasteiger partial charge is 0.467 e. The lowest BCUT2D eigenvalue weighted by Crippen LogP contribution is -2.31. The number of hydrogen-bond donors (Lipinski definition) is 0. The van der Waals surface area contributed by atoms with E-state index in [1.165, 1.54) is 24.3 Å². The van der Waals surface area contributed by atoms with Gasteiger partial charge in [0.25, 0.3) is 0 Å². The van der Waals surface area contributed by atoms with Crippen molar-refractivity contribution >= 4 is 27.3 Å². The topological polar surface area (TPSA) is 67.6 Å². The number of rotatable bonds is 8. The molecule has 146 valence electrons. The molecule has 0 spiro atoms. The number of amides is 1. The van der Waals surface area contributed by atoms with Crippen molar-refractivity contribution in [2.45, 2.75) is 24.4 Å². The highest BCUT2D eigenvalue weighted by Gasteiger charge is 2.21. The predicted octanol–water partition coefficient (Wildman–Crippen LogP) is 4.33. The highest BCUT2D eigenvalue weighted by molar-refractivity contribution is 7.91. The Bertz CT molecular complexity index is 1000. The van der Waals surface area contributed by atoms with E-state index in [0.717, 1.165) is 5.56 Å². The lowest BCUT2D eigenvalue weighted by Gasteiger charge is -2.22. The Balaban J connectivity index is 1.70. The molecule has 0 radical (unpaired) electrons. The zero-order valence-electron chi connectivity index (χ0n) is 15.1. The van der Waals surface area contributed by atoms with Crippen molar-refractivity contribution in [3.63, 3.8) is 0 Å². The molecule has 3 aromatic rings. The van der Waals surface area contributed by atoms with Gasteiger partial charge in [-0.2, -0.15) is 0 Å². The first-order valence-electron chi connectivity index (χ1n) is 8.76. The van der Waals surface area contributed by atoms with Gasteiger partial charge >= 0.3 is 0 Å². The molecule has 0 bridgehead atoms. The minimum atomic E-state index is -3.57. The van der Waals surface area contributed by atoms with E-state index < -0.39 is 9.84 Å². The zero-order valence-corrected chi connectivity index (χ0v) is 16.7. The highest BCUT2D eigenvalue weighted by atomic mass is 35.5. The second kappa shape index (κ2) is 9.08. The average Bonchev–Trinajstić information content (AvgIpc) is 3.20. The van der Waals surface area contributed by atoms with Crippen molar-refractivity contribution in [2.75, 3.05) is 5.75 Å². The predicted molar refractivity (Wildman–Crippen MR) is 108 cm³/mol. The summed E-state index contributed by atoms with van der Waals surface area (Å²) >= 11 is 5.81. The van der Waals surface area contributed by atoms with Crippen LogP contribution < -0.4 is 0 Å². The maximum Gasteiger partial charge on any atom is 0.224 e. The quantitative estimate of drug-likeness (QED) is 0.547. The Morgan fingerprint density at radius 1 is 0.929 bits per heavy atom. The SMILES string of the molecule is O=C(CCS(=O)(=O)c1ccc(Cl)cc1)N(Cc1ccccc1)Cc1ccco1. The summed E-state index contributed by atoms with van der Waals surface area (Å²) in [7, 11) is -3.57. The van der Waals surface area contributed by atoms with E-state index in [4.69, 9.17) is 16.0 Å². The third-order valence-electron chi connectivity index (χ3n) is 4.25. The molecule has 1 heterocycles. The van der Waals surface area contributed by atoms with Gasteiger partial charge in [-0.25, -0.2) is 8.42 Å². The number of halogens is 1. The van der Waals surface area contributed by atoms with Gasteiger partial charge in [0.15, 0.2) is 9.84 Å². The van der Waals surface area contributed by atoms with Crippen molar-refractivity contribution in [3.8, 4) is 0 Å². The number of sulfone groups is 1. The molecule has 1 aromatic heterocycles. The van der Waals surface area contributed by atoms with E-state index in [2.05, 4.69) is 0 Å². The van der Waals surface area contributed by atoms with Gasteiger partial charge in [0.1, 0.15) is 5.76 Å². The minimum absolute atomic E-state index is 0.113. The molecule has 0 saturated heterocycles. The molecule has 5 nitrogen and oxygen atoms in total. The van der Waals surface area contributed by atoms with E-state index in [1.54, 1.807) is 23.3 Å². The Morgan fingerprint density at radius 3 is 2.29 bits per heavy atom. The molecule has 0 fully saturated rings. The van der Waals surface area contributed by atoms with Crippen LogP contribution in [0.5, 0.6) is 0 Å². The van der Waals surface area contributed by atoms with Gasteiger partial charge in [0, 0.05) is 18.0 Å². The average molecular weight is 418 g/mol. The number of nitrogens with zero attached hydrogens (tertiary/aromatic N) is 1. The van der Waals surface area contributed by atoms with Gasteiger partial charge in [-0.15, -0.1) is 0 Å². The van der Waals surface area contributed by atoms with Crippen molar-refractivity contribution in [1.82, 2.24) is 4.90 Å². The van der Waals surface area contributed by atoms with Gasteiger partial charge in [0.05, 0.1) is 23.5 Å². The Labute approximate surface area is 169 Å². The van der Waals surface area contributed by atoms with Gasteiger partial charge in [-0.3, -0.25) is 4.79 Å². The summed E-state index contributed by atoms with van der Waals surface area (Å²) in [6, 6.07) is 19.0. The number of furan rings is 1. The molecule has 3 rings (SSSR count). The van der Waals surface area contributed by atoms with Crippen LogP contribution in [0.3, 0.4) is 0 Å². The maximum absolute atomic E-state index is 12.8. The fourth-order valence-corrected chi connectivity index (χ4v) is 4.12. The summed E-state index contributed by atoms with van der Waals surface area (Å²) in [6.45, 7) is 0.656. The summed E-state index contributed by atoms with van der Waals surface area (Å²) in [4.78, 5) is 14.6. The van der Waals surface area contributed by atoms with Crippen LogP contribution in [0.2, 0.25) is 5.02 Å². The van der Waals surface area contributed by atoms with Gasteiger partial charge in [0.2, 0.25) is 5.91 Å². The fourth-order valence-electron chi connectivity index (χ4n) is 2.77. The standard InChI is InChI=1S/C21H20ClNO4S/c22-18-8-10-20(11-9-18)28(25,26)14-12-21(24)23(16-19-7-4-13-27-19)15-17-5-2-1-3-6-17/h1-11,13H,12,14-16H2. The van der Waals surface area contributed by atoms with Crippen LogP contribution in [0, 0.1) is 0 Å². The van der Waals surface area contributed by atoms with Crippen LogP contribution in [0.25, 0.3) is 0 Å². The Morgan fingerprint density at radius 2 is 1.64 bits per heavy atom. The Hall–Kier alpha value is -2.57. The molecular weight excluding hydrogens is 398 g/mol. The monoisotopic (exact) mass is 417 g/mol. The molecule has 28 heavy (non-hydrogen) atoms. The fraction of sp³-hybridized carbons (Fsp3) is 0.190. The normalized spacial score (nSPS) is 11.3. The second-order valence-electron chi connectivity index (χ2n) is 6.34. The summed E-state index contributed by atoms with van der Waals surface area (Å²) in [5, 5.41) is 0.461. The van der Waals surface area contributed by atoms with Crippen molar-refractivity contribution < 1.29 is 17.6 Å². The zero-order chi connectivity index (χ0) is 20.0. The lowest BCUT2D eigenvalue weighted by molar-refractivity contribution is -0.132. The van der Waals surface area contributed by atoms with E-state index in [9.17, 15) is 13.2 Å². The second-order valence-corrected chi connectivity index (χ2v) is 8.88. The van der Waals surface area contributed by atoms with E-state index in [1.807, 2.05) is 30.3 Å². The Kier molecular flexibility index (Phi) is 6.54. The van der Waals surface area contributed by atoms with Crippen LogP contribution in [0.1, 0.15) is 17.7 Å². The minimum Gasteiger partial charge on any atom is -0.467 e. The van der Waals surface area contributed by atoms with E-state index >= 15 is 0 Å². The highest BCUT2D eigenvalue weighted by Crippen LogP contribution is 2.17. The van der Waals surface area contributed by atoms with Crippen LogP contribution in [0.4, 0.5) is 0 Å². The third kappa shape index (κ3) is 5.47. The molecule has 7 heteroatoms.